The van der Waals surface area contributed by atoms with Gasteiger partial charge in [-0.2, -0.15) is 13.2 Å². The van der Waals surface area contributed by atoms with Crippen molar-refractivity contribution in [2.75, 3.05) is 23.4 Å². The van der Waals surface area contributed by atoms with Crippen LogP contribution in [0.5, 0.6) is 0 Å². The predicted octanol–water partition coefficient (Wildman–Crippen LogP) is 6.10. The summed E-state index contributed by atoms with van der Waals surface area (Å²) < 4.78 is 56.2. The van der Waals surface area contributed by atoms with Crippen molar-refractivity contribution < 1.29 is 27.2 Å². The molecule has 37 heavy (non-hydrogen) atoms. The summed E-state index contributed by atoms with van der Waals surface area (Å²) in [5.41, 5.74) is 5.67. The molecule has 3 aromatic rings. The van der Waals surface area contributed by atoms with Crippen molar-refractivity contribution in [3.63, 3.8) is 0 Å². The number of anilines is 2. The third-order valence-electron chi connectivity index (χ3n) is 6.15. The highest BCUT2D eigenvalue weighted by Crippen LogP contribution is 2.42. The van der Waals surface area contributed by atoms with Crippen LogP contribution in [-0.4, -0.2) is 42.6 Å². The average molecular weight is 555 g/mol. The largest absolute Gasteiger partial charge is 0.408 e. The van der Waals surface area contributed by atoms with E-state index in [0.29, 0.717) is 11.1 Å². The predicted molar refractivity (Wildman–Crippen MR) is 134 cm³/mol. The number of aromatic nitrogens is 1. The smallest absolute Gasteiger partial charge is 0.366 e. The van der Waals surface area contributed by atoms with Gasteiger partial charge in [0.25, 0.3) is 5.91 Å². The molecule has 0 radical (unpaired) electrons. The van der Waals surface area contributed by atoms with Crippen molar-refractivity contribution >= 4 is 46.5 Å². The van der Waals surface area contributed by atoms with Gasteiger partial charge in [0.05, 0.1) is 16.3 Å². The number of hydrogen-bond donors (Lipinski definition) is 1. The number of hydrogen-bond acceptors (Lipinski definition) is 4. The zero-order chi connectivity index (χ0) is 27.1. The SMILES string of the molecule is CN(C(=O)c1c(F)cccc1Cl)c1ncc(-c2cc(C(N)=O)ccc2Cl)cc1N1CCCC1C(F)(F)F. The molecule has 1 atom stereocenters. The van der Waals surface area contributed by atoms with Crippen LogP contribution in [-0.2, 0) is 0 Å². The molecule has 6 nitrogen and oxygen atoms in total. The minimum Gasteiger partial charge on any atom is -0.366 e. The molecular formula is C25H20Cl2F4N4O2. The Balaban J connectivity index is 1.88. The fraction of sp³-hybridized carbons (Fsp3) is 0.240. The van der Waals surface area contributed by atoms with Crippen molar-refractivity contribution in [1.82, 2.24) is 4.98 Å². The molecule has 1 saturated heterocycles. The number of alkyl halides is 3. The Morgan fingerprint density at radius 2 is 1.86 bits per heavy atom. The van der Waals surface area contributed by atoms with Crippen molar-refractivity contribution in [1.29, 1.82) is 0 Å². The van der Waals surface area contributed by atoms with Crippen LogP contribution in [0.25, 0.3) is 11.1 Å². The molecule has 1 unspecified atom stereocenters. The highest BCUT2D eigenvalue weighted by atomic mass is 35.5. The Hall–Kier alpha value is -3.37. The van der Waals surface area contributed by atoms with E-state index in [1.54, 1.807) is 0 Å². The number of nitrogens with zero attached hydrogens (tertiary/aromatic N) is 3. The third-order valence-corrected chi connectivity index (χ3v) is 6.79. The molecule has 1 aliphatic rings. The lowest BCUT2D eigenvalue weighted by molar-refractivity contribution is -0.145. The maximum absolute atomic E-state index is 14.5. The first kappa shape index (κ1) is 26.7. The Bertz CT molecular complexity index is 1360. The summed E-state index contributed by atoms with van der Waals surface area (Å²) in [5.74, 6) is -2.62. The van der Waals surface area contributed by atoms with Crippen molar-refractivity contribution in [2.45, 2.75) is 25.1 Å². The van der Waals surface area contributed by atoms with Crippen LogP contribution in [0.1, 0.15) is 33.6 Å². The Kier molecular flexibility index (Phi) is 7.34. The quantitative estimate of drug-likeness (QED) is 0.386. The topological polar surface area (TPSA) is 79.5 Å². The number of nitrogens with two attached hydrogens (primary N) is 1. The lowest BCUT2D eigenvalue weighted by Crippen LogP contribution is -2.42. The van der Waals surface area contributed by atoms with Crippen LogP contribution in [0.3, 0.4) is 0 Å². The molecule has 2 amide bonds. The normalized spacial score (nSPS) is 15.6. The number of amides is 2. The van der Waals surface area contributed by atoms with Gasteiger partial charge in [-0.05, 0) is 49.2 Å². The van der Waals surface area contributed by atoms with Crippen LogP contribution < -0.4 is 15.5 Å². The van der Waals surface area contributed by atoms with E-state index < -0.39 is 35.4 Å². The Labute approximate surface area is 219 Å². The number of carbonyl (C=O) groups is 2. The minimum absolute atomic E-state index is 0.0128. The fourth-order valence-electron chi connectivity index (χ4n) is 4.32. The third kappa shape index (κ3) is 5.21. The maximum atomic E-state index is 14.5. The second-order valence-corrected chi connectivity index (χ2v) is 9.29. The first-order valence-corrected chi connectivity index (χ1v) is 11.8. The van der Waals surface area contributed by atoms with Gasteiger partial charge in [0, 0.05) is 41.5 Å². The van der Waals surface area contributed by atoms with Crippen LogP contribution in [0.2, 0.25) is 10.0 Å². The fourth-order valence-corrected chi connectivity index (χ4v) is 4.79. The summed E-state index contributed by atoms with van der Waals surface area (Å²) in [5, 5.41) is 0.0567. The molecule has 0 saturated carbocycles. The van der Waals surface area contributed by atoms with Gasteiger partial charge in [-0.1, -0.05) is 29.3 Å². The van der Waals surface area contributed by atoms with E-state index >= 15 is 0 Å². The molecule has 0 aliphatic carbocycles. The van der Waals surface area contributed by atoms with E-state index in [-0.39, 0.29) is 46.5 Å². The molecule has 4 rings (SSSR count). The van der Waals surface area contributed by atoms with E-state index in [9.17, 15) is 27.2 Å². The zero-order valence-corrected chi connectivity index (χ0v) is 20.8. The molecule has 1 aromatic heterocycles. The summed E-state index contributed by atoms with van der Waals surface area (Å²) in [4.78, 5) is 31.3. The van der Waals surface area contributed by atoms with Gasteiger partial charge < -0.3 is 10.6 Å². The van der Waals surface area contributed by atoms with Crippen LogP contribution in [0.4, 0.5) is 29.1 Å². The molecule has 2 N–H and O–H groups in total. The Morgan fingerprint density at radius 3 is 2.51 bits per heavy atom. The summed E-state index contributed by atoms with van der Waals surface area (Å²) in [6.45, 7) is 0.0415. The van der Waals surface area contributed by atoms with Gasteiger partial charge in [0.1, 0.15) is 11.9 Å². The van der Waals surface area contributed by atoms with Crippen molar-refractivity contribution in [3.05, 3.63) is 75.7 Å². The standard InChI is InChI=1S/C25H20Cl2F4N4O2/c1-34(24(37)21-17(27)4-2-5-18(21)28)23-19(35-9-3-6-20(35)25(29,30)31)11-14(12-33-23)15-10-13(22(32)36)7-8-16(15)26/h2,4-5,7-8,10-12,20H,3,6,9H2,1H3,(H2,32,36). The molecule has 194 valence electrons. The van der Waals surface area contributed by atoms with Gasteiger partial charge in [0.2, 0.25) is 5.91 Å². The Morgan fingerprint density at radius 1 is 1.14 bits per heavy atom. The molecule has 1 fully saturated rings. The van der Waals surface area contributed by atoms with Crippen molar-refractivity contribution in [3.8, 4) is 11.1 Å². The molecule has 0 bridgehead atoms. The van der Waals surface area contributed by atoms with E-state index in [0.717, 1.165) is 15.9 Å². The number of carbonyl (C=O) groups excluding carboxylic acids is 2. The molecule has 2 heterocycles. The van der Waals surface area contributed by atoms with Gasteiger partial charge in [0.15, 0.2) is 5.82 Å². The molecular weight excluding hydrogens is 535 g/mol. The van der Waals surface area contributed by atoms with Crippen LogP contribution >= 0.6 is 23.2 Å². The van der Waals surface area contributed by atoms with Crippen molar-refractivity contribution in [2.24, 2.45) is 5.73 Å². The summed E-state index contributed by atoms with van der Waals surface area (Å²) in [6.07, 6.45) is -3.15. The van der Waals surface area contributed by atoms with Gasteiger partial charge in [-0.25, -0.2) is 9.37 Å². The monoisotopic (exact) mass is 554 g/mol. The van der Waals surface area contributed by atoms with E-state index in [4.69, 9.17) is 28.9 Å². The highest BCUT2D eigenvalue weighted by Gasteiger charge is 2.47. The number of halogens is 6. The van der Waals surface area contributed by atoms with E-state index in [2.05, 4.69) is 4.98 Å². The molecule has 1 aliphatic heterocycles. The summed E-state index contributed by atoms with van der Waals surface area (Å²) in [6, 6.07) is 7.56. The van der Waals surface area contributed by atoms with Crippen LogP contribution in [0.15, 0.2) is 48.7 Å². The van der Waals surface area contributed by atoms with Gasteiger partial charge >= 0.3 is 6.18 Å². The number of primary amides is 1. The number of rotatable bonds is 5. The second kappa shape index (κ2) is 10.2. The average Bonchev–Trinajstić information content (AvgIpc) is 3.34. The number of pyridine rings is 1. The number of benzene rings is 2. The minimum atomic E-state index is -4.55. The van der Waals surface area contributed by atoms with Crippen LogP contribution in [0, 0.1) is 5.82 Å². The lowest BCUT2D eigenvalue weighted by Gasteiger charge is -2.32. The molecule has 2 aromatic carbocycles. The lowest BCUT2D eigenvalue weighted by atomic mass is 10.0. The zero-order valence-electron chi connectivity index (χ0n) is 19.3. The van der Waals surface area contributed by atoms with Gasteiger partial charge in [-0.3, -0.25) is 14.5 Å². The second-order valence-electron chi connectivity index (χ2n) is 8.48. The summed E-state index contributed by atoms with van der Waals surface area (Å²) >= 11 is 12.4. The maximum Gasteiger partial charge on any atom is 0.408 e. The first-order chi connectivity index (χ1) is 17.4. The molecule has 0 spiro atoms. The van der Waals surface area contributed by atoms with E-state index in [1.165, 1.54) is 49.6 Å². The summed E-state index contributed by atoms with van der Waals surface area (Å²) in [7, 11) is 1.27. The molecule has 12 heteroatoms. The van der Waals surface area contributed by atoms with E-state index in [1.807, 2.05) is 0 Å². The highest BCUT2D eigenvalue weighted by molar-refractivity contribution is 6.34. The van der Waals surface area contributed by atoms with Gasteiger partial charge in [-0.15, -0.1) is 0 Å². The first-order valence-electron chi connectivity index (χ1n) is 11.1.